The Labute approximate surface area is 136 Å². The van der Waals surface area contributed by atoms with Gasteiger partial charge in [-0.15, -0.1) is 0 Å². The standard InChI is InChI=1S/C19H24BrN/c1-2-14-21-18(13-12-16-8-4-3-5-9-16)15-17-10-6-7-11-19(17)20/h3-11,18,21H,2,12-15H2,1H3. The lowest BCUT2D eigenvalue weighted by molar-refractivity contribution is 0.477. The Morgan fingerprint density at radius 2 is 1.71 bits per heavy atom. The molecular weight excluding hydrogens is 322 g/mol. The molecule has 0 heterocycles. The van der Waals surface area contributed by atoms with Crippen molar-refractivity contribution in [2.45, 2.75) is 38.6 Å². The van der Waals surface area contributed by atoms with Gasteiger partial charge in [-0.05, 0) is 49.4 Å². The highest BCUT2D eigenvalue weighted by molar-refractivity contribution is 9.10. The molecule has 0 bridgehead atoms. The van der Waals surface area contributed by atoms with Crippen molar-refractivity contribution in [2.75, 3.05) is 6.54 Å². The molecule has 112 valence electrons. The van der Waals surface area contributed by atoms with Crippen LogP contribution in [0.5, 0.6) is 0 Å². The Kier molecular flexibility index (Phi) is 6.98. The summed E-state index contributed by atoms with van der Waals surface area (Å²) >= 11 is 3.66. The first-order valence-corrected chi connectivity index (χ1v) is 8.59. The van der Waals surface area contributed by atoms with Gasteiger partial charge >= 0.3 is 0 Å². The Hall–Kier alpha value is -1.12. The fourth-order valence-electron chi connectivity index (χ4n) is 2.54. The Balaban J connectivity index is 1.96. The molecule has 2 aromatic rings. The summed E-state index contributed by atoms with van der Waals surface area (Å²) in [5, 5.41) is 3.69. The average molecular weight is 346 g/mol. The topological polar surface area (TPSA) is 12.0 Å². The molecule has 2 rings (SSSR count). The third kappa shape index (κ3) is 5.64. The highest BCUT2D eigenvalue weighted by Crippen LogP contribution is 2.19. The zero-order valence-corrected chi connectivity index (χ0v) is 14.3. The van der Waals surface area contributed by atoms with Crippen LogP contribution in [0.25, 0.3) is 0 Å². The summed E-state index contributed by atoms with van der Waals surface area (Å²) in [5.41, 5.74) is 2.81. The van der Waals surface area contributed by atoms with Crippen molar-refractivity contribution in [2.24, 2.45) is 0 Å². The van der Waals surface area contributed by atoms with Gasteiger partial charge in [-0.25, -0.2) is 0 Å². The number of hydrogen-bond acceptors (Lipinski definition) is 1. The van der Waals surface area contributed by atoms with Gasteiger partial charge in [0.25, 0.3) is 0 Å². The zero-order chi connectivity index (χ0) is 14.9. The van der Waals surface area contributed by atoms with E-state index >= 15 is 0 Å². The van der Waals surface area contributed by atoms with E-state index in [0.717, 1.165) is 19.4 Å². The second-order valence-corrected chi connectivity index (χ2v) is 6.33. The fraction of sp³-hybridized carbons (Fsp3) is 0.368. The summed E-state index contributed by atoms with van der Waals surface area (Å²) < 4.78 is 1.22. The smallest absolute Gasteiger partial charge is 0.0207 e. The van der Waals surface area contributed by atoms with Crippen LogP contribution in [-0.4, -0.2) is 12.6 Å². The van der Waals surface area contributed by atoms with E-state index in [1.807, 2.05) is 0 Å². The molecule has 0 aliphatic carbocycles. The second kappa shape index (κ2) is 9.01. The number of nitrogens with one attached hydrogen (secondary N) is 1. The van der Waals surface area contributed by atoms with Gasteiger partial charge in [-0.1, -0.05) is 71.4 Å². The fourth-order valence-corrected chi connectivity index (χ4v) is 2.99. The summed E-state index contributed by atoms with van der Waals surface area (Å²) in [6.45, 7) is 3.31. The van der Waals surface area contributed by atoms with E-state index in [2.05, 4.69) is 82.8 Å². The van der Waals surface area contributed by atoms with E-state index in [4.69, 9.17) is 0 Å². The van der Waals surface area contributed by atoms with Gasteiger partial charge in [0.05, 0.1) is 0 Å². The lowest BCUT2D eigenvalue weighted by Gasteiger charge is -2.19. The third-order valence-corrected chi connectivity index (χ3v) is 4.51. The predicted molar refractivity (Wildman–Crippen MR) is 94.7 cm³/mol. The minimum atomic E-state index is 0.531. The predicted octanol–water partition coefficient (Wildman–Crippen LogP) is 4.99. The van der Waals surface area contributed by atoms with E-state index in [1.165, 1.54) is 28.4 Å². The van der Waals surface area contributed by atoms with Gasteiger partial charge in [-0.2, -0.15) is 0 Å². The maximum absolute atomic E-state index is 3.69. The molecule has 0 radical (unpaired) electrons. The normalized spacial score (nSPS) is 12.3. The monoisotopic (exact) mass is 345 g/mol. The van der Waals surface area contributed by atoms with E-state index in [-0.39, 0.29) is 0 Å². The van der Waals surface area contributed by atoms with Gasteiger partial charge in [0, 0.05) is 10.5 Å². The van der Waals surface area contributed by atoms with Crippen molar-refractivity contribution in [3.8, 4) is 0 Å². The summed E-state index contributed by atoms with van der Waals surface area (Å²) in [6.07, 6.45) is 4.56. The average Bonchev–Trinajstić information content (AvgIpc) is 2.53. The molecule has 0 aliphatic heterocycles. The van der Waals surface area contributed by atoms with Gasteiger partial charge in [0.2, 0.25) is 0 Å². The van der Waals surface area contributed by atoms with Crippen LogP contribution >= 0.6 is 15.9 Å². The summed E-state index contributed by atoms with van der Waals surface area (Å²) in [7, 11) is 0. The molecule has 0 saturated carbocycles. The zero-order valence-electron chi connectivity index (χ0n) is 12.7. The Morgan fingerprint density at radius 3 is 2.43 bits per heavy atom. The maximum Gasteiger partial charge on any atom is 0.0207 e. The molecule has 1 atom stereocenters. The van der Waals surface area contributed by atoms with Crippen LogP contribution in [0.1, 0.15) is 30.9 Å². The lowest BCUT2D eigenvalue weighted by Crippen LogP contribution is -2.32. The van der Waals surface area contributed by atoms with Gasteiger partial charge in [-0.3, -0.25) is 0 Å². The molecule has 2 aromatic carbocycles. The Bertz CT molecular complexity index is 524. The van der Waals surface area contributed by atoms with Crippen molar-refractivity contribution in [1.29, 1.82) is 0 Å². The van der Waals surface area contributed by atoms with E-state index < -0.39 is 0 Å². The highest BCUT2D eigenvalue weighted by atomic mass is 79.9. The molecule has 1 nitrogen and oxygen atoms in total. The molecular formula is C19H24BrN. The molecule has 1 unspecified atom stereocenters. The van der Waals surface area contributed by atoms with Crippen LogP contribution in [0.2, 0.25) is 0 Å². The van der Waals surface area contributed by atoms with Crippen molar-refractivity contribution in [3.63, 3.8) is 0 Å². The molecule has 0 amide bonds. The molecule has 0 saturated heterocycles. The van der Waals surface area contributed by atoms with Crippen LogP contribution in [-0.2, 0) is 12.8 Å². The van der Waals surface area contributed by atoms with Gasteiger partial charge in [0.15, 0.2) is 0 Å². The van der Waals surface area contributed by atoms with Crippen LogP contribution in [0.15, 0.2) is 59.1 Å². The van der Waals surface area contributed by atoms with Gasteiger partial charge < -0.3 is 5.32 Å². The first-order chi connectivity index (χ1) is 10.3. The molecule has 2 heteroatoms. The van der Waals surface area contributed by atoms with Gasteiger partial charge in [0.1, 0.15) is 0 Å². The van der Waals surface area contributed by atoms with Crippen molar-refractivity contribution in [3.05, 3.63) is 70.2 Å². The summed E-state index contributed by atoms with van der Waals surface area (Å²) in [5.74, 6) is 0. The second-order valence-electron chi connectivity index (χ2n) is 5.47. The van der Waals surface area contributed by atoms with Crippen molar-refractivity contribution in [1.82, 2.24) is 5.32 Å². The number of halogens is 1. The molecule has 0 spiro atoms. The lowest BCUT2D eigenvalue weighted by atomic mass is 9.99. The molecule has 0 aromatic heterocycles. The number of hydrogen-bond donors (Lipinski definition) is 1. The summed E-state index contributed by atoms with van der Waals surface area (Å²) in [6, 6.07) is 19.8. The molecule has 1 N–H and O–H groups in total. The quantitative estimate of drug-likeness (QED) is 0.710. The number of benzene rings is 2. The van der Waals surface area contributed by atoms with Crippen molar-refractivity contribution < 1.29 is 0 Å². The minimum absolute atomic E-state index is 0.531. The number of rotatable bonds is 8. The van der Waals surface area contributed by atoms with Crippen LogP contribution in [0, 0.1) is 0 Å². The first kappa shape index (κ1) is 16.3. The number of aryl methyl sites for hydroxylation is 1. The molecule has 21 heavy (non-hydrogen) atoms. The van der Waals surface area contributed by atoms with E-state index in [0.29, 0.717) is 6.04 Å². The first-order valence-electron chi connectivity index (χ1n) is 7.80. The largest absolute Gasteiger partial charge is 0.314 e. The van der Waals surface area contributed by atoms with Crippen LogP contribution < -0.4 is 5.32 Å². The SMILES string of the molecule is CCCNC(CCc1ccccc1)Cc1ccccc1Br. The van der Waals surface area contributed by atoms with Crippen LogP contribution in [0.3, 0.4) is 0 Å². The molecule has 0 fully saturated rings. The minimum Gasteiger partial charge on any atom is -0.314 e. The van der Waals surface area contributed by atoms with Crippen molar-refractivity contribution >= 4 is 15.9 Å². The van der Waals surface area contributed by atoms with E-state index in [9.17, 15) is 0 Å². The third-order valence-electron chi connectivity index (χ3n) is 3.73. The maximum atomic E-state index is 3.69. The molecule has 0 aliphatic rings. The Morgan fingerprint density at radius 1 is 1.00 bits per heavy atom. The van der Waals surface area contributed by atoms with Crippen LogP contribution in [0.4, 0.5) is 0 Å². The van der Waals surface area contributed by atoms with E-state index in [1.54, 1.807) is 0 Å². The summed E-state index contributed by atoms with van der Waals surface area (Å²) in [4.78, 5) is 0. The highest BCUT2D eigenvalue weighted by Gasteiger charge is 2.11.